The van der Waals surface area contributed by atoms with E-state index in [0.717, 1.165) is 16.9 Å². The predicted octanol–water partition coefficient (Wildman–Crippen LogP) is 4.40. The number of hydrogen-bond acceptors (Lipinski definition) is 4. The van der Waals surface area contributed by atoms with Gasteiger partial charge in [-0.3, -0.25) is 9.59 Å². The third-order valence-corrected chi connectivity index (χ3v) is 6.20. The molecule has 0 aromatic heterocycles. The molecule has 0 saturated carbocycles. The van der Waals surface area contributed by atoms with E-state index in [9.17, 15) is 9.59 Å². The van der Waals surface area contributed by atoms with E-state index in [-0.39, 0.29) is 30.3 Å². The molecule has 4 rings (SSSR count). The molecule has 34 heavy (non-hydrogen) atoms. The summed E-state index contributed by atoms with van der Waals surface area (Å²) in [4.78, 5) is 30.0. The Balaban J connectivity index is 1.46. The summed E-state index contributed by atoms with van der Waals surface area (Å²) in [5.41, 5.74) is 2.95. The van der Waals surface area contributed by atoms with Crippen LogP contribution >= 0.6 is 0 Å². The molecule has 6 nitrogen and oxygen atoms in total. The summed E-state index contributed by atoms with van der Waals surface area (Å²) in [6.45, 7) is 0.899. The first kappa shape index (κ1) is 23.4. The van der Waals surface area contributed by atoms with Crippen molar-refractivity contribution in [2.45, 2.75) is 12.3 Å². The average molecular weight is 458 g/mol. The molecular formula is C28H31N3O3. The van der Waals surface area contributed by atoms with Gasteiger partial charge in [-0.15, -0.1) is 0 Å². The number of anilines is 2. The van der Waals surface area contributed by atoms with Crippen molar-refractivity contribution in [2.24, 2.45) is 5.92 Å². The summed E-state index contributed by atoms with van der Waals surface area (Å²) < 4.78 is 5.69. The van der Waals surface area contributed by atoms with Crippen molar-refractivity contribution in [3.05, 3.63) is 90.5 Å². The van der Waals surface area contributed by atoms with E-state index in [2.05, 4.69) is 17.4 Å². The molecule has 0 spiro atoms. The van der Waals surface area contributed by atoms with Crippen molar-refractivity contribution in [3.63, 3.8) is 0 Å². The topological polar surface area (TPSA) is 61.9 Å². The second-order valence-electron chi connectivity index (χ2n) is 8.87. The highest BCUT2D eigenvalue weighted by atomic mass is 16.5. The molecule has 1 N–H and O–H groups in total. The van der Waals surface area contributed by atoms with E-state index in [0.29, 0.717) is 25.3 Å². The maximum atomic E-state index is 13.2. The van der Waals surface area contributed by atoms with Crippen LogP contribution in [0.4, 0.5) is 11.4 Å². The summed E-state index contributed by atoms with van der Waals surface area (Å²) in [6, 6.07) is 27.2. The van der Waals surface area contributed by atoms with Crippen molar-refractivity contribution < 1.29 is 14.3 Å². The Morgan fingerprint density at radius 3 is 2.21 bits per heavy atom. The zero-order valence-corrected chi connectivity index (χ0v) is 19.7. The number of likely N-dealkylation sites (tertiary alicyclic amines) is 1. The van der Waals surface area contributed by atoms with Gasteiger partial charge >= 0.3 is 0 Å². The van der Waals surface area contributed by atoms with Crippen molar-refractivity contribution in [1.29, 1.82) is 0 Å². The SMILES string of the molecule is CN(C)c1ccc(NC(=O)C2CC(c3ccccc3)CN(C(=O)COc3ccccc3)C2)cc1. The van der Waals surface area contributed by atoms with E-state index in [1.165, 1.54) is 0 Å². The van der Waals surface area contributed by atoms with Gasteiger partial charge in [0.1, 0.15) is 5.75 Å². The second kappa shape index (κ2) is 10.9. The number of carbonyl (C=O) groups excluding carboxylic acids is 2. The monoisotopic (exact) mass is 457 g/mol. The molecule has 2 unspecified atom stereocenters. The molecule has 0 aliphatic carbocycles. The van der Waals surface area contributed by atoms with Crippen LogP contribution < -0.4 is 15.0 Å². The summed E-state index contributed by atoms with van der Waals surface area (Å²) in [5, 5.41) is 3.04. The number of para-hydroxylation sites is 1. The van der Waals surface area contributed by atoms with E-state index in [4.69, 9.17) is 4.74 Å². The van der Waals surface area contributed by atoms with Crippen LogP contribution in [0.5, 0.6) is 5.75 Å². The molecule has 1 saturated heterocycles. The maximum absolute atomic E-state index is 13.2. The van der Waals surface area contributed by atoms with E-state index in [1.54, 1.807) is 4.90 Å². The van der Waals surface area contributed by atoms with Gasteiger partial charge in [-0.2, -0.15) is 0 Å². The lowest BCUT2D eigenvalue weighted by molar-refractivity contribution is -0.137. The van der Waals surface area contributed by atoms with Crippen LogP contribution in [0, 0.1) is 5.92 Å². The van der Waals surface area contributed by atoms with Crippen molar-refractivity contribution >= 4 is 23.2 Å². The highest BCUT2D eigenvalue weighted by molar-refractivity contribution is 5.93. The van der Waals surface area contributed by atoms with Gasteiger partial charge in [0.25, 0.3) is 5.91 Å². The third kappa shape index (κ3) is 5.95. The Hall–Kier alpha value is -3.80. The van der Waals surface area contributed by atoms with Gasteiger partial charge < -0.3 is 19.9 Å². The minimum Gasteiger partial charge on any atom is -0.484 e. The van der Waals surface area contributed by atoms with Gasteiger partial charge in [-0.05, 0) is 48.4 Å². The number of benzene rings is 3. The number of hydrogen-bond donors (Lipinski definition) is 1. The second-order valence-corrected chi connectivity index (χ2v) is 8.87. The van der Waals surface area contributed by atoms with Crippen molar-refractivity contribution in [1.82, 2.24) is 4.90 Å². The van der Waals surface area contributed by atoms with Gasteiger partial charge in [0.2, 0.25) is 5.91 Å². The fraction of sp³-hybridized carbons (Fsp3) is 0.286. The Morgan fingerprint density at radius 1 is 0.912 bits per heavy atom. The zero-order chi connectivity index (χ0) is 23.9. The van der Waals surface area contributed by atoms with Crippen LogP contribution in [-0.2, 0) is 9.59 Å². The van der Waals surface area contributed by atoms with Gasteiger partial charge in [0.15, 0.2) is 6.61 Å². The number of amides is 2. The Bertz CT molecular complexity index is 1080. The molecular weight excluding hydrogens is 426 g/mol. The maximum Gasteiger partial charge on any atom is 0.260 e. The van der Waals surface area contributed by atoms with Gasteiger partial charge in [0, 0.05) is 44.5 Å². The van der Waals surface area contributed by atoms with Gasteiger partial charge in [-0.25, -0.2) is 0 Å². The number of nitrogens with one attached hydrogen (secondary N) is 1. The van der Waals surface area contributed by atoms with Crippen LogP contribution in [0.25, 0.3) is 0 Å². The summed E-state index contributed by atoms with van der Waals surface area (Å²) in [5.74, 6) is 0.246. The molecule has 3 aromatic carbocycles. The number of rotatable bonds is 7. The standard InChI is InChI=1S/C28H31N3O3/c1-30(2)25-15-13-24(14-16-25)29-28(33)23-17-22(21-9-5-3-6-10-21)18-31(19-23)27(32)20-34-26-11-7-4-8-12-26/h3-16,22-23H,17-20H2,1-2H3,(H,29,33). The minimum atomic E-state index is -0.312. The summed E-state index contributed by atoms with van der Waals surface area (Å²) in [7, 11) is 3.96. The molecule has 3 aromatic rings. The highest BCUT2D eigenvalue weighted by Gasteiger charge is 2.34. The first-order valence-electron chi connectivity index (χ1n) is 11.6. The first-order chi connectivity index (χ1) is 16.5. The Labute approximate surface area is 201 Å². The molecule has 1 fully saturated rings. The fourth-order valence-electron chi connectivity index (χ4n) is 4.30. The minimum absolute atomic E-state index is 0.0497. The largest absolute Gasteiger partial charge is 0.484 e. The van der Waals surface area contributed by atoms with Crippen LogP contribution in [-0.4, -0.2) is 50.5 Å². The lowest BCUT2D eigenvalue weighted by Crippen LogP contribution is -2.48. The van der Waals surface area contributed by atoms with Crippen LogP contribution in [0.2, 0.25) is 0 Å². The first-order valence-corrected chi connectivity index (χ1v) is 11.6. The van der Waals surface area contributed by atoms with Crippen LogP contribution in [0.15, 0.2) is 84.9 Å². The Kier molecular flexibility index (Phi) is 7.48. The smallest absolute Gasteiger partial charge is 0.260 e. The molecule has 0 bridgehead atoms. The molecule has 1 aliphatic rings. The molecule has 1 aliphatic heterocycles. The lowest BCUT2D eigenvalue weighted by Gasteiger charge is -2.37. The fourth-order valence-corrected chi connectivity index (χ4v) is 4.30. The molecule has 0 radical (unpaired) electrons. The third-order valence-electron chi connectivity index (χ3n) is 6.20. The van der Waals surface area contributed by atoms with Crippen molar-refractivity contribution in [3.8, 4) is 5.75 Å². The van der Waals surface area contributed by atoms with E-state index >= 15 is 0 Å². The normalized spacial score (nSPS) is 17.6. The van der Waals surface area contributed by atoms with E-state index in [1.807, 2.05) is 91.8 Å². The average Bonchev–Trinajstić information content (AvgIpc) is 2.88. The zero-order valence-electron chi connectivity index (χ0n) is 19.7. The molecule has 176 valence electrons. The molecule has 1 heterocycles. The number of carbonyl (C=O) groups is 2. The van der Waals surface area contributed by atoms with Crippen LogP contribution in [0.3, 0.4) is 0 Å². The van der Waals surface area contributed by atoms with E-state index < -0.39 is 0 Å². The lowest BCUT2D eigenvalue weighted by atomic mass is 9.84. The quantitative estimate of drug-likeness (QED) is 0.571. The number of nitrogens with zero attached hydrogens (tertiary/aromatic N) is 2. The summed E-state index contributed by atoms with van der Waals surface area (Å²) in [6.07, 6.45) is 0.689. The molecule has 2 amide bonds. The van der Waals surface area contributed by atoms with Gasteiger partial charge in [0.05, 0.1) is 5.92 Å². The number of piperidine rings is 1. The molecule has 2 atom stereocenters. The summed E-state index contributed by atoms with van der Waals surface area (Å²) >= 11 is 0. The predicted molar refractivity (Wildman–Crippen MR) is 135 cm³/mol. The van der Waals surface area contributed by atoms with Gasteiger partial charge in [-0.1, -0.05) is 48.5 Å². The highest BCUT2D eigenvalue weighted by Crippen LogP contribution is 2.31. The number of ether oxygens (including phenoxy) is 1. The molecule has 6 heteroatoms. The Morgan fingerprint density at radius 2 is 1.56 bits per heavy atom. The van der Waals surface area contributed by atoms with Crippen LogP contribution in [0.1, 0.15) is 17.9 Å². The van der Waals surface area contributed by atoms with Crippen molar-refractivity contribution in [2.75, 3.05) is 44.0 Å².